The highest BCUT2D eigenvalue weighted by Gasteiger charge is 2.46. The molecule has 17 heavy (non-hydrogen) atoms. The maximum Gasteiger partial charge on any atom is 0.407 e. The minimum atomic E-state index is -0.476. The van der Waals surface area contributed by atoms with E-state index in [1.54, 1.807) is 0 Å². The van der Waals surface area contributed by atoms with E-state index in [0.717, 1.165) is 19.3 Å². The minimum absolute atomic E-state index is 0.0586. The van der Waals surface area contributed by atoms with Gasteiger partial charge in [-0.2, -0.15) is 5.26 Å². The van der Waals surface area contributed by atoms with Gasteiger partial charge in [0.25, 0.3) is 0 Å². The zero-order valence-electron chi connectivity index (χ0n) is 10.6. The van der Waals surface area contributed by atoms with Crippen molar-refractivity contribution in [1.29, 1.82) is 5.26 Å². The average Bonchev–Trinajstić information content (AvgIpc) is 2.70. The molecule has 2 bridgehead atoms. The van der Waals surface area contributed by atoms with E-state index in [4.69, 9.17) is 10.00 Å². The molecule has 2 aliphatic heterocycles. The number of nitrogens with zero attached hydrogens (tertiary/aromatic N) is 2. The number of nitriles is 1. The number of fused-ring (bicyclic) bond motifs is 2. The van der Waals surface area contributed by atoms with Crippen LogP contribution >= 0.6 is 0 Å². The lowest BCUT2D eigenvalue weighted by molar-refractivity contribution is 0.0494. The second kappa shape index (κ2) is 4.10. The van der Waals surface area contributed by atoms with Crippen molar-refractivity contribution < 1.29 is 9.53 Å². The van der Waals surface area contributed by atoms with Gasteiger partial charge in [-0.05, 0) is 40.0 Å². The fourth-order valence-electron chi connectivity index (χ4n) is 2.76. The fourth-order valence-corrected chi connectivity index (χ4v) is 2.76. The standard InChI is InChI=1S/C12H19N3O2/c1-12(2,3)17-11(16)14-9-6-8-4-5-10(9)15(8)7-13/h8-10H,4-6H2,1-3H3,(H,14,16)/t8-,9+,10+/m1/s1. The third-order valence-electron chi connectivity index (χ3n) is 3.35. The molecule has 1 N–H and O–H groups in total. The summed E-state index contributed by atoms with van der Waals surface area (Å²) in [5, 5.41) is 11.9. The van der Waals surface area contributed by atoms with Crippen LogP contribution in [0.3, 0.4) is 0 Å². The van der Waals surface area contributed by atoms with Gasteiger partial charge in [-0.1, -0.05) is 0 Å². The molecular weight excluding hydrogens is 218 g/mol. The van der Waals surface area contributed by atoms with Gasteiger partial charge >= 0.3 is 6.09 Å². The maximum absolute atomic E-state index is 11.7. The summed E-state index contributed by atoms with van der Waals surface area (Å²) in [5.41, 5.74) is -0.476. The highest BCUT2D eigenvalue weighted by Crippen LogP contribution is 2.37. The van der Waals surface area contributed by atoms with E-state index in [1.165, 1.54) is 0 Å². The minimum Gasteiger partial charge on any atom is -0.444 e. The predicted molar refractivity (Wildman–Crippen MR) is 62.0 cm³/mol. The lowest BCUT2D eigenvalue weighted by Crippen LogP contribution is -2.45. The highest BCUT2D eigenvalue weighted by atomic mass is 16.6. The van der Waals surface area contributed by atoms with Crippen molar-refractivity contribution in [2.24, 2.45) is 0 Å². The Kier molecular flexibility index (Phi) is 2.90. The van der Waals surface area contributed by atoms with E-state index >= 15 is 0 Å². The third-order valence-corrected chi connectivity index (χ3v) is 3.35. The van der Waals surface area contributed by atoms with E-state index in [2.05, 4.69) is 11.5 Å². The van der Waals surface area contributed by atoms with Crippen molar-refractivity contribution in [3.05, 3.63) is 0 Å². The van der Waals surface area contributed by atoms with Crippen molar-refractivity contribution >= 4 is 6.09 Å². The number of carbonyl (C=O) groups is 1. The van der Waals surface area contributed by atoms with E-state index in [1.807, 2.05) is 25.7 Å². The van der Waals surface area contributed by atoms with E-state index in [9.17, 15) is 4.79 Å². The van der Waals surface area contributed by atoms with E-state index in [0.29, 0.717) is 6.04 Å². The van der Waals surface area contributed by atoms with Gasteiger partial charge in [0.05, 0.1) is 12.1 Å². The van der Waals surface area contributed by atoms with Crippen molar-refractivity contribution in [1.82, 2.24) is 10.2 Å². The first kappa shape index (κ1) is 12.0. The number of amides is 1. The molecule has 2 fully saturated rings. The molecule has 0 aromatic rings. The summed E-state index contributed by atoms with van der Waals surface area (Å²) < 4.78 is 5.22. The van der Waals surface area contributed by atoms with Crippen LogP contribution in [0.25, 0.3) is 0 Å². The summed E-state index contributed by atoms with van der Waals surface area (Å²) >= 11 is 0. The van der Waals surface area contributed by atoms with E-state index < -0.39 is 5.60 Å². The molecule has 2 rings (SSSR count). The smallest absolute Gasteiger partial charge is 0.407 e. The number of hydrogen-bond acceptors (Lipinski definition) is 4. The summed E-state index contributed by atoms with van der Waals surface area (Å²) in [4.78, 5) is 13.5. The Bertz CT molecular complexity index is 356. The van der Waals surface area contributed by atoms with Gasteiger partial charge in [0.15, 0.2) is 6.19 Å². The van der Waals surface area contributed by atoms with Crippen LogP contribution in [-0.2, 0) is 4.74 Å². The molecule has 2 aliphatic rings. The third kappa shape index (κ3) is 2.46. The monoisotopic (exact) mass is 237 g/mol. The molecule has 0 aromatic heterocycles. The molecule has 2 saturated heterocycles. The quantitative estimate of drug-likeness (QED) is 0.703. The SMILES string of the molecule is CC(C)(C)OC(=O)N[C@H]1C[C@H]2CC[C@@H]1N2C#N. The number of ether oxygens (including phenoxy) is 1. The lowest BCUT2D eigenvalue weighted by Gasteiger charge is -2.25. The van der Waals surface area contributed by atoms with Gasteiger partial charge in [-0.3, -0.25) is 0 Å². The molecule has 0 aromatic carbocycles. The van der Waals surface area contributed by atoms with Crippen molar-refractivity contribution in [3.63, 3.8) is 0 Å². The average molecular weight is 237 g/mol. The molecule has 0 spiro atoms. The Labute approximate surface area is 102 Å². The molecule has 0 unspecified atom stereocenters. The molecule has 1 amide bonds. The molecule has 0 radical (unpaired) electrons. The molecule has 2 heterocycles. The van der Waals surface area contributed by atoms with Crippen molar-refractivity contribution in [3.8, 4) is 6.19 Å². The van der Waals surface area contributed by atoms with Crippen LogP contribution < -0.4 is 5.32 Å². The van der Waals surface area contributed by atoms with Crippen LogP contribution in [0.4, 0.5) is 4.79 Å². The summed E-state index contributed by atoms with van der Waals surface area (Å²) in [6.45, 7) is 5.53. The Balaban J connectivity index is 1.90. The predicted octanol–water partition coefficient (Wildman–Crippen LogP) is 1.60. The van der Waals surface area contributed by atoms with Crippen molar-refractivity contribution in [2.75, 3.05) is 0 Å². The first-order chi connectivity index (χ1) is 7.90. The van der Waals surface area contributed by atoms with Crippen LogP contribution in [0.1, 0.15) is 40.0 Å². The molecule has 94 valence electrons. The maximum atomic E-state index is 11.7. The molecular formula is C12H19N3O2. The van der Waals surface area contributed by atoms with Crippen LogP contribution in [0.5, 0.6) is 0 Å². The van der Waals surface area contributed by atoms with Crippen LogP contribution in [0, 0.1) is 11.5 Å². The Morgan fingerprint density at radius 1 is 1.47 bits per heavy atom. The van der Waals surface area contributed by atoms with Gasteiger partial charge in [0.2, 0.25) is 0 Å². The topological polar surface area (TPSA) is 65.4 Å². The zero-order chi connectivity index (χ0) is 12.6. The van der Waals surface area contributed by atoms with E-state index in [-0.39, 0.29) is 18.2 Å². The van der Waals surface area contributed by atoms with Gasteiger partial charge in [-0.25, -0.2) is 4.79 Å². The van der Waals surface area contributed by atoms with Crippen LogP contribution in [0.15, 0.2) is 0 Å². The molecule has 0 saturated carbocycles. The Morgan fingerprint density at radius 3 is 2.71 bits per heavy atom. The number of nitrogens with one attached hydrogen (secondary N) is 1. The normalized spacial score (nSPS) is 31.2. The summed E-state index contributed by atoms with van der Waals surface area (Å²) in [5.74, 6) is 0. The molecule has 5 nitrogen and oxygen atoms in total. The number of rotatable bonds is 1. The van der Waals surface area contributed by atoms with Gasteiger partial charge in [0.1, 0.15) is 5.60 Å². The molecule has 5 heteroatoms. The first-order valence-corrected chi connectivity index (χ1v) is 6.08. The fraction of sp³-hybridized carbons (Fsp3) is 0.833. The first-order valence-electron chi connectivity index (χ1n) is 6.08. The number of alkyl carbamates (subject to hydrolysis) is 1. The summed E-state index contributed by atoms with van der Waals surface area (Å²) in [6.07, 6.45) is 4.74. The number of hydrogen-bond donors (Lipinski definition) is 1. The van der Waals surface area contributed by atoms with Gasteiger partial charge in [-0.15, -0.1) is 0 Å². The second-order valence-electron chi connectivity index (χ2n) is 5.79. The lowest BCUT2D eigenvalue weighted by atomic mass is 9.96. The highest BCUT2D eigenvalue weighted by molar-refractivity contribution is 5.68. The second-order valence-corrected chi connectivity index (χ2v) is 5.79. The molecule has 3 atom stereocenters. The van der Waals surface area contributed by atoms with Gasteiger partial charge in [0, 0.05) is 6.04 Å². The molecule has 0 aliphatic carbocycles. The Morgan fingerprint density at radius 2 is 2.18 bits per heavy atom. The van der Waals surface area contributed by atoms with Crippen LogP contribution in [-0.4, -0.2) is 34.7 Å². The largest absolute Gasteiger partial charge is 0.444 e. The summed E-state index contributed by atoms with van der Waals surface area (Å²) in [7, 11) is 0. The zero-order valence-corrected chi connectivity index (χ0v) is 10.6. The number of carbonyl (C=O) groups excluding carboxylic acids is 1. The van der Waals surface area contributed by atoms with Crippen LogP contribution in [0.2, 0.25) is 0 Å². The summed E-state index contributed by atoms with van der Waals surface area (Å²) in [6, 6.07) is 0.533. The Hall–Kier alpha value is -1.44. The van der Waals surface area contributed by atoms with Gasteiger partial charge < -0.3 is 15.0 Å². The van der Waals surface area contributed by atoms with Crippen molar-refractivity contribution in [2.45, 2.75) is 63.8 Å².